The van der Waals surface area contributed by atoms with Crippen molar-refractivity contribution in [3.63, 3.8) is 0 Å². The molecule has 80 valence electrons. The number of para-hydroxylation sites is 1. The summed E-state index contributed by atoms with van der Waals surface area (Å²) >= 11 is 0. The molecule has 0 amide bonds. The maximum absolute atomic E-state index is 11.4. The van der Waals surface area contributed by atoms with Crippen molar-refractivity contribution < 1.29 is 9.53 Å². The Kier molecular flexibility index (Phi) is 3.05. The molecule has 1 aromatic carbocycles. The number of methoxy groups -OCH3 is 1. The molecule has 0 unspecified atom stereocenters. The molecule has 1 aliphatic carbocycles. The van der Waals surface area contributed by atoms with E-state index in [1.54, 1.807) is 7.11 Å². The molecular formula is C13H16O2. The van der Waals surface area contributed by atoms with Gasteiger partial charge in [-0.1, -0.05) is 18.2 Å². The number of carbonyl (C=O) groups is 1. The van der Waals surface area contributed by atoms with Crippen molar-refractivity contribution >= 4 is 5.78 Å². The Morgan fingerprint density at radius 1 is 1.33 bits per heavy atom. The van der Waals surface area contributed by atoms with Gasteiger partial charge in [0.1, 0.15) is 11.5 Å². The van der Waals surface area contributed by atoms with Crippen LogP contribution in [0.1, 0.15) is 37.2 Å². The highest BCUT2D eigenvalue weighted by Crippen LogP contribution is 2.35. The van der Waals surface area contributed by atoms with E-state index in [0.29, 0.717) is 18.1 Å². The molecule has 2 nitrogen and oxygen atoms in total. The molecule has 0 saturated heterocycles. The maximum atomic E-state index is 11.4. The first-order valence-corrected chi connectivity index (χ1v) is 5.46. The molecule has 0 radical (unpaired) electrons. The van der Waals surface area contributed by atoms with Gasteiger partial charge in [-0.2, -0.15) is 0 Å². The number of ether oxygens (including phenoxy) is 1. The van der Waals surface area contributed by atoms with Gasteiger partial charge in [-0.3, -0.25) is 4.79 Å². The Labute approximate surface area is 90.3 Å². The predicted octanol–water partition coefficient (Wildman–Crippen LogP) is 2.92. The van der Waals surface area contributed by atoms with Crippen LogP contribution in [0.2, 0.25) is 0 Å². The van der Waals surface area contributed by atoms with Crippen LogP contribution in [0.25, 0.3) is 0 Å². The van der Waals surface area contributed by atoms with Gasteiger partial charge in [-0.15, -0.1) is 0 Å². The minimum atomic E-state index is 0.363. The molecule has 0 aliphatic heterocycles. The Morgan fingerprint density at radius 3 is 2.87 bits per heavy atom. The van der Waals surface area contributed by atoms with E-state index in [4.69, 9.17) is 4.74 Å². The lowest BCUT2D eigenvalue weighted by atomic mass is 9.83. The fraction of sp³-hybridized carbons (Fsp3) is 0.462. The molecule has 0 N–H and O–H groups in total. The number of carbonyl (C=O) groups excluding carboxylic acids is 1. The zero-order valence-electron chi connectivity index (χ0n) is 9.03. The van der Waals surface area contributed by atoms with E-state index >= 15 is 0 Å². The third-order valence-corrected chi connectivity index (χ3v) is 3.06. The van der Waals surface area contributed by atoms with Gasteiger partial charge >= 0.3 is 0 Å². The van der Waals surface area contributed by atoms with Crippen LogP contribution in [0.4, 0.5) is 0 Å². The average molecular weight is 204 g/mol. The van der Waals surface area contributed by atoms with Gasteiger partial charge in [-0.05, 0) is 30.4 Å². The van der Waals surface area contributed by atoms with Gasteiger partial charge < -0.3 is 4.74 Å². The molecule has 1 fully saturated rings. The summed E-state index contributed by atoms with van der Waals surface area (Å²) in [6, 6.07) is 8.01. The third-order valence-electron chi connectivity index (χ3n) is 3.06. The van der Waals surface area contributed by atoms with E-state index in [2.05, 4.69) is 6.07 Å². The first-order valence-electron chi connectivity index (χ1n) is 5.46. The lowest BCUT2D eigenvalue weighted by molar-refractivity contribution is -0.120. The number of benzene rings is 1. The molecule has 0 bridgehead atoms. The Bertz CT molecular complexity index is 357. The predicted molar refractivity (Wildman–Crippen MR) is 59.2 cm³/mol. The third kappa shape index (κ3) is 2.20. The smallest absolute Gasteiger partial charge is 0.133 e. The van der Waals surface area contributed by atoms with Gasteiger partial charge in [0, 0.05) is 12.8 Å². The molecule has 1 atom stereocenters. The molecular weight excluding hydrogens is 188 g/mol. The second-order valence-electron chi connectivity index (χ2n) is 4.07. The van der Waals surface area contributed by atoms with E-state index in [1.165, 1.54) is 5.56 Å². The number of rotatable bonds is 2. The van der Waals surface area contributed by atoms with Gasteiger partial charge in [0.15, 0.2) is 0 Å². The topological polar surface area (TPSA) is 26.3 Å². The van der Waals surface area contributed by atoms with E-state index in [-0.39, 0.29) is 0 Å². The summed E-state index contributed by atoms with van der Waals surface area (Å²) in [7, 11) is 1.68. The van der Waals surface area contributed by atoms with Gasteiger partial charge in [0.05, 0.1) is 7.11 Å². The molecule has 15 heavy (non-hydrogen) atoms. The monoisotopic (exact) mass is 204 g/mol. The average Bonchev–Trinajstić information content (AvgIpc) is 2.29. The van der Waals surface area contributed by atoms with Crippen LogP contribution in [0.15, 0.2) is 24.3 Å². The van der Waals surface area contributed by atoms with Crippen molar-refractivity contribution in [2.45, 2.75) is 31.6 Å². The summed E-state index contributed by atoms with van der Waals surface area (Å²) < 4.78 is 5.32. The second kappa shape index (κ2) is 4.47. The van der Waals surface area contributed by atoms with E-state index < -0.39 is 0 Å². The standard InChI is InChI=1S/C13H16O2/c1-15-13-8-3-2-7-12(13)10-5-4-6-11(14)9-10/h2-3,7-8,10H,4-6,9H2,1H3/t10-/m1/s1. The summed E-state index contributed by atoms with van der Waals surface area (Å²) in [6.07, 6.45) is 3.56. The first kappa shape index (κ1) is 10.2. The highest BCUT2D eigenvalue weighted by molar-refractivity contribution is 5.80. The highest BCUT2D eigenvalue weighted by Gasteiger charge is 2.22. The Morgan fingerprint density at radius 2 is 2.13 bits per heavy atom. The van der Waals surface area contributed by atoms with Crippen LogP contribution in [0.3, 0.4) is 0 Å². The summed E-state index contributed by atoms with van der Waals surface area (Å²) in [4.78, 5) is 11.4. The van der Waals surface area contributed by atoms with Crippen molar-refractivity contribution in [3.05, 3.63) is 29.8 Å². The van der Waals surface area contributed by atoms with Crippen LogP contribution < -0.4 is 4.74 Å². The molecule has 1 aromatic rings. The van der Waals surface area contributed by atoms with Crippen LogP contribution in [-0.2, 0) is 4.79 Å². The van der Waals surface area contributed by atoms with Gasteiger partial charge in [-0.25, -0.2) is 0 Å². The minimum absolute atomic E-state index is 0.363. The molecule has 2 rings (SSSR count). The van der Waals surface area contributed by atoms with Crippen LogP contribution in [0, 0.1) is 0 Å². The van der Waals surface area contributed by atoms with Crippen molar-refractivity contribution in [2.75, 3.05) is 7.11 Å². The van der Waals surface area contributed by atoms with E-state index in [0.717, 1.165) is 25.0 Å². The van der Waals surface area contributed by atoms with Gasteiger partial charge in [0.2, 0.25) is 0 Å². The van der Waals surface area contributed by atoms with Crippen molar-refractivity contribution in [2.24, 2.45) is 0 Å². The number of hydrogen-bond donors (Lipinski definition) is 0. The van der Waals surface area contributed by atoms with Crippen molar-refractivity contribution in [3.8, 4) is 5.75 Å². The molecule has 1 aliphatic rings. The molecule has 1 saturated carbocycles. The molecule has 0 spiro atoms. The van der Waals surface area contributed by atoms with Crippen molar-refractivity contribution in [1.29, 1.82) is 0 Å². The maximum Gasteiger partial charge on any atom is 0.133 e. The zero-order chi connectivity index (χ0) is 10.7. The lowest BCUT2D eigenvalue weighted by Gasteiger charge is -2.22. The largest absolute Gasteiger partial charge is 0.496 e. The minimum Gasteiger partial charge on any atom is -0.496 e. The Hall–Kier alpha value is -1.31. The summed E-state index contributed by atoms with van der Waals surface area (Å²) in [5, 5.41) is 0. The quantitative estimate of drug-likeness (QED) is 0.740. The fourth-order valence-corrected chi connectivity index (χ4v) is 2.29. The normalized spacial score (nSPS) is 21.4. The number of hydrogen-bond acceptors (Lipinski definition) is 2. The molecule has 2 heteroatoms. The van der Waals surface area contributed by atoms with Crippen LogP contribution >= 0.6 is 0 Å². The lowest BCUT2D eigenvalue weighted by Crippen LogP contribution is -2.14. The second-order valence-corrected chi connectivity index (χ2v) is 4.07. The van der Waals surface area contributed by atoms with Crippen molar-refractivity contribution in [1.82, 2.24) is 0 Å². The Balaban J connectivity index is 2.24. The van der Waals surface area contributed by atoms with E-state index in [1.807, 2.05) is 18.2 Å². The van der Waals surface area contributed by atoms with E-state index in [9.17, 15) is 4.79 Å². The number of ketones is 1. The van der Waals surface area contributed by atoms with Gasteiger partial charge in [0.25, 0.3) is 0 Å². The molecule has 0 heterocycles. The summed E-state index contributed by atoms with van der Waals surface area (Å²) in [6.45, 7) is 0. The fourth-order valence-electron chi connectivity index (χ4n) is 2.29. The molecule has 0 aromatic heterocycles. The summed E-state index contributed by atoms with van der Waals surface area (Å²) in [5.41, 5.74) is 1.19. The first-order chi connectivity index (χ1) is 7.31. The number of Topliss-reactive ketones (excluding diaryl/α,β-unsaturated/α-hetero) is 1. The highest BCUT2D eigenvalue weighted by atomic mass is 16.5. The van der Waals surface area contributed by atoms with Crippen LogP contribution in [0.5, 0.6) is 5.75 Å². The van der Waals surface area contributed by atoms with Crippen LogP contribution in [-0.4, -0.2) is 12.9 Å². The summed E-state index contributed by atoms with van der Waals surface area (Å²) in [5.74, 6) is 1.66. The SMILES string of the molecule is COc1ccccc1[C@@H]1CCCC(=O)C1. The zero-order valence-corrected chi connectivity index (χ0v) is 9.03.